The maximum absolute atomic E-state index is 12.3. The van der Waals surface area contributed by atoms with Gasteiger partial charge in [-0.1, -0.05) is 48.5 Å². The summed E-state index contributed by atoms with van der Waals surface area (Å²) in [5, 5.41) is 6.52. The van der Waals surface area contributed by atoms with E-state index in [0.717, 1.165) is 12.0 Å². The molecule has 2 atom stereocenters. The second-order valence-electron chi connectivity index (χ2n) is 6.03. The van der Waals surface area contributed by atoms with Crippen molar-refractivity contribution in [3.05, 3.63) is 65.7 Å². The van der Waals surface area contributed by atoms with Crippen molar-refractivity contribution in [1.82, 2.24) is 5.32 Å². The molecule has 1 aliphatic heterocycles. The number of hydrogen-bond donors (Lipinski definition) is 2. The Hall–Kier alpha value is -2.29. The molecule has 0 bridgehead atoms. The number of fused-ring (bicyclic) bond motifs is 1. The van der Waals surface area contributed by atoms with Gasteiger partial charge in [0.25, 0.3) is 0 Å². The van der Waals surface area contributed by atoms with E-state index in [1.165, 1.54) is 11.3 Å². The van der Waals surface area contributed by atoms with E-state index >= 15 is 0 Å². The van der Waals surface area contributed by atoms with Gasteiger partial charge in [0.15, 0.2) is 0 Å². The predicted octanol–water partition coefficient (Wildman–Crippen LogP) is 3.68. The van der Waals surface area contributed by atoms with Crippen molar-refractivity contribution in [3.63, 3.8) is 0 Å². The minimum Gasteiger partial charge on any atom is -0.382 e. The van der Waals surface area contributed by atoms with Gasteiger partial charge in [0.1, 0.15) is 0 Å². The molecule has 3 heteroatoms. The van der Waals surface area contributed by atoms with Crippen LogP contribution in [0.2, 0.25) is 0 Å². The largest absolute Gasteiger partial charge is 0.382 e. The smallest absolute Gasteiger partial charge is 0.220 e. The highest BCUT2D eigenvalue weighted by Gasteiger charge is 2.25. The minimum absolute atomic E-state index is 0.123. The number of rotatable bonds is 4. The van der Waals surface area contributed by atoms with E-state index in [-0.39, 0.29) is 5.91 Å². The number of nitrogens with one attached hydrogen (secondary N) is 2. The van der Waals surface area contributed by atoms with Crippen molar-refractivity contribution in [2.24, 2.45) is 0 Å². The predicted molar refractivity (Wildman–Crippen MR) is 89.8 cm³/mol. The summed E-state index contributed by atoms with van der Waals surface area (Å²) in [5.74, 6) is 0.418. The number of amides is 1. The van der Waals surface area contributed by atoms with Gasteiger partial charge in [0, 0.05) is 24.7 Å². The molecule has 2 aromatic rings. The lowest BCUT2D eigenvalue weighted by Gasteiger charge is -2.31. The van der Waals surface area contributed by atoms with Gasteiger partial charge >= 0.3 is 0 Å². The van der Waals surface area contributed by atoms with Crippen LogP contribution >= 0.6 is 0 Å². The molecule has 114 valence electrons. The van der Waals surface area contributed by atoms with E-state index in [4.69, 9.17) is 0 Å². The van der Waals surface area contributed by atoms with Crippen molar-refractivity contribution in [2.75, 3.05) is 5.32 Å². The molecule has 0 radical (unpaired) electrons. The quantitative estimate of drug-likeness (QED) is 0.903. The number of anilines is 1. The normalized spacial score (nSPS) is 19.9. The van der Waals surface area contributed by atoms with Crippen molar-refractivity contribution < 1.29 is 4.79 Å². The van der Waals surface area contributed by atoms with Gasteiger partial charge in [-0.3, -0.25) is 4.79 Å². The highest BCUT2D eigenvalue weighted by atomic mass is 16.1. The topological polar surface area (TPSA) is 41.1 Å². The van der Waals surface area contributed by atoms with Crippen molar-refractivity contribution >= 4 is 11.6 Å². The summed E-state index contributed by atoms with van der Waals surface area (Å²) < 4.78 is 0. The van der Waals surface area contributed by atoms with Crippen LogP contribution in [-0.2, 0) is 11.3 Å². The van der Waals surface area contributed by atoms with Gasteiger partial charge in [-0.15, -0.1) is 0 Å². The van der Waals surface area contributed by atoms with Crippen LogP contribution in [0.4, 0.5) is 5.69 Å². The first kappa shape index (κ1) is 14.6. The van der Waals surface area contributed by atoms with E-state index < -0.39 is 0 Å². The number of para-hydroxylation sites is 1. The van der Waals surface area contributed by atoms with Crippen molar-refractivity contribution in [2.45, 2.75) is 38.3 Å². The zero-order valence-corrected chi connectivity index (χ0v) is 12.9. The lowest BCUT2D eigenvalue weighted by atomic mass is 9.85. The van der Waals surface area contributed by atoms with Gasteiger partial charge in [0.2, 0.25) is 5.91 Å². The first-order chi connectivity index (χ1) is 10.7. The molecular formula is C19H22N2O. The second kappa shape index (κ2) is 6.65. The molecule has 0 unspecified atom stereocenters. The van der Waals surface area contributed by atoms with E-state index in [9.17, 15) is 4.79 Å². The Morgan fingerprint density at radius 3 is 2.68 bits per heavy atom. The fourth-order valence-corrected chi connectivity index (χ4v) is 3.15. The Labute approximate surface area is 131 Å². The Morgan fingerprint density at radius 2 is 1.86 bits per heavy atom. The summed E-state index contributed by atoms with van der Waals surface area (Å²) in [4.78, 5) is 12.3. The fraction of sp³-hybridized carbons (Fsp3) is 0.316. The second-order valence-corrected chi connectivity index (χ2v) is 6.03. The summed E-state index contributed by atoms with van der Waals surface area (Å²) >= 11 is 0. The molecule has 3 rings (SSSR count). The molecule has 0 aliphatic carbocycles. The maximum atomic E-state index is 12.3. The van der Waals surface area contributed by atoms with Gasteiger partial charge in [0.05, 0.1) is 0 Å². The first-order valence-electron chi connectivity index (χ1n) is 7.88. The van der Waals surface area contributed by atoms with Gasteiger partial charge in [-0.05, 0) is 36.5 Å². The van der Waals surface area contributed by atoms with Crippen molar-refractivity contribution in [3.8, 4) is 0 Å². The van der Waals surface area contributed by atoms with Gasteiger partial charge in [-0.2, -0.15) is 0 Å². The fourth-order valence-electron chi connectivity index (χ4n) is 3.15. The minimum atomic E-state index is 0.123. The van der Waals surface area contributed by atoms with Gasteiger partial charge in [-0.25, -0.2) is 0 Å². The summed E-state index contributed by atoms with van der Waals surface area (Å²) in [6.45, 7) is 2.77. The summed E-state index contributed by atoms with van der Waals surface area (Å²) in [7, 11) is 0. The molecule has 0 saturated heterocycles. The van der Waals surface area contributed by atoms with Crippen LogP contribution in [0.15, 0.2) is 54.6 Å². The molecule has 2 aromatic carbocycles. The molecule has 1 aliphatic rings. The molecular weight excluding hydrogens is 272 g/mol. The van der Waals surface area contributed by atoms with Crippen LogP contribution in [0.3, 0.4) is 0 Å². The summed E-state index contributed by atoms with van der Waals surface area (Å²) in [6, 6.07) is 18.7. The lowest BCUT2D eigenvalue weighted by Crippen LogP contribution is -2.30. The molecule has 0 spiro atoms. The third-order valence-corrected chi connectivity index (χ3v) is 4.20. The molecule has 2 N–H and O–H groups in total. The number of carbonyl (C=O) groups excluding carboxylic acids is 1. The highest BCUT2D eigenvalue weighted by molar-refractivity contribution is 5.77. The first-order valence-corrected chi connectivity index (χ1v) is 7.88. The SMILES string of the molecule is C[C@H]1C[C@@H](CC(=O)NCc2ccccc2)c2ccccc2N1. The molecule has 1 amide bonds. The van der Waals surface area contributed by atoms with Crippen LogP contribution in [0.1, 0.15) is 36.8 Å². The molecule has 1 heterocycles. The Bertz CT molecular complexity index is 639. The van der Waals surface area contributed by atoms with Crippen LogP contribution < -0.4 is 10.6 Å². The zero-order chi connectivity index (χ0) is 15.4. The molecule has 0 saturated carbocycles. The third kappa shape index (κ3) is 3.48. The lowest BCUT2D eigenvalue weighted by molar-refractivity contribution is -0.121. The summed E-state index contributed by atoms with van der Waals surface area (Å²) in [5.41, 5.74) is 3.56. The zero-order valence-electron chi connectivity index (χ0n) is 12.9. The van der Waals surface area contributed by atoms with E-state index in [1.54, 1.807) is 0 Å². The molecule has 3 nitrogen and oxygen atoms in total. The van der Waals surface area contributed by atoms with Gasteiger partial charge < -0.3 is 10.6 Å². The average molecular weight is 294 g/mol. The Balaban J connectivity index is 1.62. The highest BCUT2D eigenvalue weighted by Crippen LogP contribution is 2.35. The number of carbonyl (C=O) groups is 1. The maximum Gasteiger partial charge on any atom is 0.220 e. The van der Waals surface area contributed by atoms with Crippen LogP contribution in [0.5, 0.6) is 0 Å². The number of hydrogen-bond acceptors (Lipinski definition) is 2. The van der Waals surface area contributed by atoms with Crippen LogP contribution in [0.25, 0.3) is 0 Å². The number of benzene rings is 2. The molecule has 0 fully saturated rings. The van der Waals surface area contributed by atoms with E-state index in [1.807, 2.05) is 42.5 Å². The van der Waals surface area contributed by atoms with Crippen LogP contribution in [0, 0.1) is 0 Å². The Morgan fingerprint density at radius 1 is 1.14 bits per heavy atom. The van der Waals surface area contributed by atoms with E-state index in [0.29, 0.717) is 24.9 Å². The summed E-state index contributed by atoms with van der Waals surface area (Å²) in [6.07, 6.45) is 1.55. The van der Waals surface area contributed by atoms with Crippen LogP contribution in [-0.4, -0.2) is 11.9 Å². The van der Waals surface area contributed by atoms with Crippen molar-refractivity contribution in [1.29, 1.82) is 0 Å². The molecule has 22 heavy (non-hydrogen) atoms. The Kier molecular flexibility index (Phi) is 4.42. The van der Waals surface area contributed by atoms with E-state index in [2.05, 4.69) is 29.7 Å². The average Bonchev–Trinajstić information content (AvgIpc) is 2.54. The molecule has 0 aromatic heterocycles. The monoisotopic (exact) mass is 294 g/mol. The standard InChI is InChI=1S/C19H22N2O/c1-14-11-16(17-9-5-6-10-18(17)21-14)12-19(22)20-13-15-7-3-2-4-8-15/h2-10,14,16,21H,11-13H2,1H3,(H,20,22)/t14-,16-/m0/s1. The third-order valence-electron chi connectivity index (χ3n) is 4.20.